The molecule has 2 rings (SSSR count). The molecule has 1 aromatic carbocycles. The number of aliphatic hydroxyl groups is 1. The summed E-state index contributed by atoms with van der Waals surface area (Å²) in [6.45, 7) is 0.254. The molecule has 0 spiro atoms. The predicted molar refractivity (Wildman–Crippen MR) is 60.3 cm³/mol. The van der Waals surface area contributed by atoms with Gasteiger partial charge in [-0.05, 0) is 6.07 Å². The SMILES string of the molecule is CN1C(=O)CC(c2ccccc2F)N1CCO. The van der Waals surface area contributed by atoms with E-state index in [9.17, 15) is 9.18 Å². The zero-order chi connectivity index (χ0) is 12.4. The summed E-state index contributed by atoms with van der Waals surface area (Å²) in [6.07, 6.45) is 0.247. The summed E-state index contributed by atoms with van der Waals surface area (Å²) >= 11 is 0. The smallest absolute Gasteiger partial charge is 0.238 e. The van der Waals surface area contributed by atoms with Crippen molar-refractivity contribution >= 4 is 5.91 Å². The van der Waals surface area contributed by atoms with Gasteiger partial charge < -0.3 is 5.11 Å². The first-order valence-corrected chi connectivity index (χ1v) is 5.53. The molecule has 0 bridgehead atoms. The third-order valence-electron chi connectivity index (χ3n) is 3.07. The number of benzene rings is 1. The fourth-order valence-electron chi connectivity index (χ4n) is 2.18. The molecule has 0 aromatic heterocycles. The zero-order valence-corrected chi connectivity index (χ0v) is 9.64. The Balaban J connectivity index is 2.31. The Labute approximate surface area is 99.2 Å². The summed E-state index contributed by atoms with van der Waals surface area (Å²) in [5, 5.41) is 12.1. The highest BCUT2D eigenvalue weighted by Crippen LogP contribution is 2.33. The van der Waals surface area contributed by atoms with Gasteiger partial charge in [0.05, 0.1) is 12.6 Å². The van der Waals surface area contributed by atoms with Crippen LogP contribution in [0.4, 0.5) is 4.39 Å². The fraction of sp³-hybridized carbons (Fsp3) is 0.417. The molecule has 92 valence electrons. The first-order valence-electron chi connectivity index (χ1n) is 5.53. The molecule has 1 aliphatic rings. The van der Waals surface area contributed by atoms with E-state index in [0.29, 0.717) is 12.1 Å². The van der Waals surface area contributed by atoms with Gasteiger partial charge in [0.15, 0.2) is 0 Å². The first-order chi connectivity index (χ1) is 8.15. The predicted octanol–water partition coefficient (Wildman–Crippen LogP) is 0.938. The Bertz CT molecular complexity index is 425. The summed E-state index contributed by atoms with van der Waals surface area (Å²) in [6, 6.07) is 6.11. The van der Waals surface area contributed by atoms with E-state index in [2.05, 4.69) is 0 Å². The molecular formula is C12H15FN2O2. The number of carbonyl (C=O) groups excluding carboxylic acids is 1. The molecule has 1 aliphatic heterocycles. The first kappa shape index (κ1) is 12.0. The number of nitrogens with zero attached hydrogens (tertiary/aromatic N) is 2. The van der Waals surface area contributed by atoms with Gasteiger partial charge >= 0.3 is 0 Å². The minimum absolute atomic E-state index is 0.0632. The van der Waals surface area contributed by atoms with E-state index in [1.165, 1.54) is 11.1 Å². The molecule has 0 aliphatic carbocycles. The Morgan fingerprint density at radius 2 is 2.18 bits per heavy atom. The molecule has 1 heterocycles. The van der Waals surface area contributed by atoms with Gasteiger partial charge in [-0.3, -0.25) is 9.80 Å². The maximum absolute atomic E-state index is 13.7. The summed E-state index contributed by atoms with van der Waals surface area (Å²) in [5.41, 5.74) is 0.499. The van der Waals surface area contributed by atoms with Crippen molar-refractivity contribution < 1.29 is 14.3 Å². The second-order valence-corrected chi connectivity index (χ2v) is 4.05. The van der Waals surface area contributed by atoms with Crippen LogP contribution >= 0.6 is 0 Å². The van der Waals surface area contributed by atoms with E-state index in [1.807, 2.05) is 0 Å². The lowest BCUT2D eigenvalue weighted by Gasteiger charge is -2.28. The van der Waals surface area contributed by atoms with Crippen LogP contribution in [0, 0.1) is 5.82 Å². The largest absolute Gasteiger partial charge is 0.395 e. The molecule has 1 unspecified atom stereocenters. The molecule has 0 saturated carbocycles. The summed E-state index contributed by atoms with van der Waals surface area (Å²) < 4.78 is 13.7. The molecule has 5 heteroatoms. The van der Waals surface area contributed by atoms with Gasteiger partial charge in [0.1, 0.15) is 5.82 Å². The van der Waals surface area contributed by atoms with Gasteiger partial charge in [-0.15, -0.1) is 0 Å². The molecule has 4 nitrogen and oxygen atoms in total. The second kappa shape index (κ2) is 4.81. The Kier molecular flexibility index (Phi) is 3.40. The fourth-order valence-corrected chi connectivity index (χ4v) is 2.18. The minimum Gasteiger partial charge on any atom is -0.395 e. The third kappa shape index (κ3) is 2.16. The molecule has 1 fully saturated rings. The van der Waals surface area contributed by atoms with Crippen LogP contribution in [-0.2, 0) is 4.79 Å². The molecule has 1 aromatic rings. The van der Waals surface area contributed by atoms with Crippen LogP contribution in [0.15, 0.2) is 24.3 Å². The van der Waals surface area contributed by atoms with Crippen LogP contribution in [-0.4, -0.2) is 41.2 Å². The van der Waals surface area contributed by atoms with Crippen molar-refractivity contribution in [2.75, 3.05) is 20.2 Å². The second-order valence-electron chi connectivity index (χ2n) is 4.05. The maximum atomic E-state index is 13.7. The van der Waals surface area contributed by atoms with Gasteiger partial charge in [0.25, 0.3) is 0 Å². The van der Waals surface area contributed by atoms with Gasteiger partial charge in [-0.25, -0.2) is 9.40 Å². The van der Waals surface area contributed by atoms with Gasteiger partial charge in [-0.2, -0.15) is 0 Å². The number of hydrogen-bond acceptors (Lipinski definition) is 3. The summed E-state index contributed by atoms with van der Waals surface area (Å²) in [4.78, 5) is 11.6. The molecule has 17 heavy (non-hydrogen) atoms. The number of β-amino-alcohol motifs (C(OH)–C–C–N with tert-alkyl or cyclic N) is 1. The summed E-state index contributed by atoms with van der Waals surface area (Å²) in [7, 11) is 1.64. The van der Waals surface area contributed by atoms with Gasteiger partial charge in [0.2, 0.25) is 5.91 Å². The number of hydrazine groups is 1. The molecule has 0 radical (unpaired) electrons. The van der Waals surface area contributed by atoms with Crippen LogP contribution in [0.3, 0.4) is 0 Å². The van der Waals surface area contributed by atoms with Crippen molar-refractivity contribution in [2.24, 2.45) is 0 Å². The van der Waals surface area contributed by atoms with Crippen LogP contribution in [0.2, 0.25) is 0 Å². The molecular weight excluding hydrogens is 223 g/mol. The van der Waals surface area contributed by atoms with E-state index in [1.54, 1.807) is 30.3 Å². The van der Waals surface area contributed by atoms with E-state index < -0.39 is 0 Å². The highest BCUT2D eigenvalue weighted by Gasteiger charge is 2.36. The lowest BCUT2D eigenvalue weighted by atomic mass is 10.0. The molecule has 1 N–H and O–H groups in total. The van der Waals surface area contributed by atoms with Crippen LogP contribution in [0.5, 0.6) is 0 Å². The average molecular weight is 238 g/mol. The molecule has 1 saturated heterocycles. The lowest BCUT2D eigenvalue weighted by Crippen LogP contribution is -2.38. The number of amides is 1. The lowest BCUT2D eigenvalue weighted by molar-refractivity contribution is -0.136. The highest BCUT2D eigenvalue weighted by molar-refractivity contribution is 5.78. The average Bonchev–Trinajstić information content (AvgIpc) is 2.58. The number of hydrogen-bond donors (Lipinski definition) is 1. The van der Waals surface area contributed by atoms with Crippen molar-refractivity contribution in [1.82, 2.24) is 10.0 Å². The Morgan fingerprint density at radius 1 is 1.47 bits per heavy atom. The Hall–Kier alpha value is -1.46. The third-order valence-corrected chi connectivity index (χ3v) is 3.07. The number of halogens is 1. The Morgan fingerprint density at radius 3 is 2.82 bits per heavy atom. The van der Waals surface area contributed by atoms with Gasteiger partial charge in [-0.1, -0.05) is 18.2 Å². The minimum atomic E-state index is -0.319. The molecule has 1 amide bonds. The number of rotatable bonds is 3. The molecule has 1 atom stereocenters. The zero-order valence-electron chi connectivity index (χ0n) is 9.64. The standard InChI is InChI=1S/C12H15FN2O2/c1-14-12(17)8-11(15(14)6-7-16)9-4-2-3-5-10(9)13/h2-5,11,16H,6-8H2,1H3. The van der Waals surface area contributed by atoms with Crippen LogP contribution < -0.4 is 0 Å². The van der Waals surface area contributed by atoms with Crippen molar-refractivity contribution in [1.29, 1.82) is 0 Å². The quantitative estimate of drug-likeness (QED) is 0.852. The van der Waals surface area contributed by atoms with E-state index in [0.717, 1.165) is 0 Å². The number of carbonyl (C=O) groups is 1. The van der Waals surface area contributed by atoms with Crippen LogP contribution in [0.25, 0.3) is 0 Å². The van der Waals surface area contributed by atoms with Crippen LogP contribution in [0.1, 0.15) is 18.0 Å². The van der Waals surface area contributed by atoms with E-state index in [4.69, 9.17) is 5.11 Å². The topological polar surface area (TPSA) is 43.8 Å². The van der Waals surface area contributed by atoms with Crippen molar-refractivity contribution in [2.45, 2.75) is 12.5 Å². The van der Waals surface area contributed by atoms with Gasteiger partial charge in [0, 0.05) is 25.6 Å². The monoisotopic (exact) mass is 238 g/mol. The highest BCUT2D eigenvalue weighted by atomic mass is 19.1. The summed E-state index contributed by atoms with van der Waals surface area (Å²) in [5.74, 6) is -0.379. The van der Waals surface area contributed by atoms with Crippen molar-refractivity contribution in [3.05, 3.63) is 35.6 Å². The van der Waals surface area contributed by atoms with Crippen molar-refractivity contribution in [3.8, 4) is 0 Å². The van der Waals surface area contributed by atoms with E-state index in [-0.39, 0.29) is 30.8 Å². The number of aliphatic hydroxyl groups excluding tert-OH is 1. The normalized spacial score (nSPS) is 21.2. The van der Waals surface area contributed by atoms with E-state index >= 15 is 0 Å². The maximum Gasteiger partial charge on any atom is 0.238 e. The van der Waals surface area contributed by atoms with Crippen molar-refractivity contribution in [3.63, 3.8) is 0 Å².